The van der Waals surface area contributed by atoms with E-state index in [9.17, 15) is 10.2 Å². The summed E-state index contributed by atoms with van der Waals surface area (Å²) in [6, 6.07) is 3.84. The lowest BCUT2D eigenvalue weighted by atomic mass is 9.52. The standard InChI is InChI=1S/C18H21NO4/c1-19-8-7-18-10-4-5-11(20)17(18)23-16-12(22-2)6-3-9(13(16)18)15(21)14(10)19/h3-6,10-11,14-15,17,20-21H,7-8H2,1-2H3/t10-,11?,14-,15?,17?,18-/m0/s1. The maximum atomic E-state index is 11.0. The molecule has 2 N–H and O–H groups in total. The molecule has 2 aliphatic carbocycles. The lowest BCUT2D eigenvalue weighted by Gasteiger charge is -2.57. The Morgan fingerprint density at radius 2 is 2.13 bits per heavy atom. The molecule has 1 saturated heterocycles. The van der Waals surface area contributed by atoms with Crippen molar-refractivity contribution in [1.82, 2.24) is 4.90 Å². The van der Waals surface area contributed by atoms with Gasteiger partial charge in [-0.1, -0.05) is 18.2 Å². The predicted octanol–water partition coefficient (Wildman–Crippen LogP) is 0.992. The van der Waals surface area contributed by atoms with Crippen LogP contribution in [0.25, 0.3) is 0 Å². The van der Waals surface area contributed by atoms with Crippen LogP contribution in [0.15, 0.2) is 24.3 Å². The molecule has 2 bridgehead atoms. The normalized spacial score (nSPS) is 43.0. The van der Waals surface area contributed by atoms with Crippen molar-refractivity contribution in [1.29, 1.82) is 0 Å². The Hall–Kier alpha value is -1.56. The van der Waals surface area contributed by atoms with Gasteiger partial charge in [0.05, 0.1) is 13.2 Å². The van der Waals surface area contributed by atoms with Gasteiger partial charge in [0.15, 0.2) is 11.5 Å². The van der Waals surface area contributed by atoms with Gasteiger partial charge in [-0.25, -0.2) is 0 Å². The van der Waals surface area contributed by atoms with Crippen molar-refractivity contribution in [2.24, 2.45) is 5.92 Å². The van der Waals surface area contributed by atoms with Crippen LogP contribution in [0, 0.1) is 5.92 Å². The monoisotopic (exact) mass is 315 g/mol. The Kier molecular flexibility index (Phi) is 2.58. The number of hydrogen-bond acceptors (Lipinski definition) is 5. The Balaban J connectivity index is 1.85. The summed E-state index contributed by atoms with van der Waals surface area (Å²) in [5.41, 5.74) is 1.73. The molecule has 2 heterocycles. The van der Waals surface area contributed by atoms with Crippen LogP contribution in [-0.2, 0) is 5.41 Å². The molecule has 5 nitrogen and oxygen atoms in total. The first-order valence-corrected chi connectivity index (χ1v) is 8.22. The highest BCUT2D eigenvalue weighted by atomic mass is 16.5. The Morgan fingerprint density at radius 3 is 2.91 bits per heavy atom. The summed E-state index contributed by atoms with van der Waals surface area (Å²) in [6.45, 7) is 0.884. The maximum absolute atomic E-state index is 11.0. The average Bonchev–Trinajstić information content (AvgIpc) is 2.90. The first-order chi connectivity index (χ1) is 11.1. The number of hydrogen-bond donors (Lipinski definition) is 2. The number of rotatable bonds is 1. The van der Waals surface area contributed by atoms with Crippen LogP contribution in [0.2, 0.25) is 0 Å². The second-order valence-corrected chi connectivity index (χ2v) is 7.21. The van der Waals surface area contributed by atoms with Gasteiger partial charge in [-0.05, 0) is 31.6 Å². The number of methoxy groups -OCH3 is 1. The molecule has 1 aromatic carbocycles. The fourth-order valence-electron chi connectivity index (χ4n) is 5.45. The number of piperidine rings is 1. The Labute approximate surface area is 135 Å². The number of aliphatic hydroxyl groups is 2. The molecule has 6 atom stereocenters. The van der Waals surface area contributed by atoms with Gasteiger partial charge in [0, 0.05) is 22.9 Å². The van der Waals surface area contributed by atoms with E-state index in [1.807, 2.05) is 18.2 Å². The molecule has 1 fully saturated rings. The highest BCUT2D eigenvalue weighted by Gasteiger charge is 2.66. The highest BCUT2D eigenvalue weighted by molar-refractivity contribution is 5.62. The molecule has 1 spiro atoms. The second-order valence-electron chi connectivity index (χ2n) is 7.21. The van der Waals surface area contributed by atoms with Gasteiger partial charge in [-0.3, -0.25) is 4.90 Å². The van der Waals surface area contributed by atoms with E-state index in [2.05, 4.69) is 18.0 Å². The molecule has 5 rings (SSSR count). The molecular weight excluding hydrogens is 294 g/mol. The zero-order valence-corrected chi connectivity index (χ0v) is 13.3. The van der Waals surface area contributed by atoms with Crippen molar-refractivity contribution in [3.05, 3.63) is 35.4 Å². The van der Waals surface area contributed by atoms with Crippen LogP contribution >= 0.6 is 0 Å². The van der Waals surface area contributed by atoms with Crippen molar-refractivity contribution in [3.63, 3.8) is 0 Å². The minimum Gasteiger partial charge on any atom is -0.493 e. The molecule has 1 aromatic rings. The van der Waals surface area contributed by atoms with E-state index in [1.54, 1.807) is 7.11 Å². The number of ether oxygens (including phenoxy) is 2. The summed E-state index contributed by atoms with van der Waals surface area (Å²) in [4.78, 5) is 2.24. The molecule has 0 radical (unpaired) electrons. The fourth-order valence-corrected chi connectivity index (χ4v) is 5.45. The summed E-state index contributed by atoms with van der Waals surface area (Å²) >= 11 is 0. The molecule has 0 saturated carbocycles. The number of likely N-dealkylation sites (tertiary alicyclic amines) is 1. The first kappa shape index (κ1) is 13.8. The Bertz CT molecular complexity index is 717. The zero-order chi connectivity index (χ0) is 15.9. The molecule has 23 heavy (non-hydrogen) atoms. The minimum atomic E-state index is -0.629. The van der Waals surface area contributed by atoms with Gasteiger partial charge in [0.25, 0.3) is 0 Å². The summed E-state index contributed by atoms with van der Waals surface area (Å²) < 4.78 is 11.7. The summed E-state index contributed by atoms with van der Waals surface area (Å²) in [6.07, 6.45) is 3.35. The zero-order valence-electron chi connectivity index (χ0n) is 13.3. The van der Waals surface area contributed by atoms with E-state index in [-0.39, 0.29) is 23.5 Å². The van der Waals surface area contributed by atoms with Crippen LogP contribution in [0.1, 0.15) is 23.7 Å². The van der Waals surface area contributed by atoms with Crippen molar-refractivity contribution in [2.75, 3.05) is 20.7 Å². The van der Waals surface area contributed by atoms with Crippen LogP contribution < -0.4 is 9.47 Å². The van der Waals surface area contributed by atoms with E-state index in [0.29, 0.717) is 11.5 Å². The predicted molar refractivity (Wildman–Crippen MR) is 83.7 cm³/mol. The van der Waals surface area contributed by atoms with E-state index in [0.717, 1.165) is 24.1 Å². The van der Waals surface area contributed by atoms with E-state index in [1.165, 1.54) is 0 Å². The van der Waals surface area contributed by atoms with Gasteiger partial charge < -0.3 is 19.7 Å². The lowest BCUT2D eigenvalue weighted by molar-refractivity contribution is -0.0823. The van der Waals surface area contributed by atoms with Gasteiger partial charge in [-0.15, -0.1) is 0 Å². The topological polar surface area (TPSA) is 62.2 Å². The van der Waals surface area contributed by atoms with Crippen LogP contribution in [0.5, 0.6) is 11.5 Å². The fraction of sp³-hybridized carbons (Fsp3) is 0.556. The van der Waals surface area contributed by atoms with Crippen LogP contribution in [-0.4, -0.2) is 54.1 Å². The quantitative estimate of drug-likeness (QED) is 0.757. The van der Waals surface area contributed by atoms with Crippen molar-refractivity contribution in [3.8, 4) is 11.5 Å². The number of likely N-dealkylation sites (N-methyl/N-ethyl adjacent to an activating group) is 1. The van der Waals surface area contributed by atoms with Gasteiger partial charge in [0.2, 0.25) is 0 Å². The van der Waals surface area contributed by atoms with E-state index in [4.69, 9.17) is 9.47 Å². The van der Waals surface area contributed by atoms with Gasteiger partial charge in [-0.2, -0.15) is 0 Å². The third-order valence-corrected chi connectivity index (χ3v) is 6.41. The molecule has 0 aromatic heterocycles. The lowest BCUT2D eigenvalue weighted by Crippen LogP contribution is -2.65. The number of benzene rings is 1. The van der Waals surface area contributed by atoms with Crippen LogP contribution in [0.4, 0.5) is 0 Å². The smallest absolute Gasteiger partial charge is 0.166 e. The van der Waals surface area contributed by atoms with Gasteiger partial charge in [0.1, 0.15) is 12.2 Å². The van der Waals surface area contributed by atoms with E-state index < -0.39 is 12.2 Å². The van der Waals surface area contributed by atoms with Crippen LogP contribution in [0.3, 0.4) is 0 Å². The largest absolute Gasteiger partial charge is 0.493 e. The summed E-state index contributed by atoms with van der Waals surface area (Å²) in [5, 5.41) is 21.6. The SMILES string of the molecule is COc1ccc2c3c1OC1C(O)C=C[C@H]4[C@@H](C2O)N(C)CC[C@]314. The first-order valence-electron chi connectivity index (χ1n) is 8.22. The molecular formula is C18H21NO4. The maximum Gasteiger partial charge on any atom is 0.166 e. The highest BCUT2D eigenvalue weighted by Crippen LogP contribution is 2.64. The van der Waals surface area contributed by atoms with Crippen molar-refractivity contribution >= 4 is 0 Å². The second kappa shape index (κ2) is 4.29. The minimum absolute atomic E-state index is 0.0189. The molecule has 2 aliphatic heterocycles. The third-order valence-electron chi connectivity index (χ3n) is 6.41. The van der Waals surface area contributed by atoms with Crippen molar-refractivity contribution < 1.29 is 19.7 Å². The number of aliphatic hydroxyl groups excluding tert-OH is 2. The average molecular weight is 315 g/mol. The molecule has 122 valence electrons. The molecule has 0 amide bonds. The molecule has 3 unspecified atom stereocenters. The Morgan fingerprint density at radius 1 is 1.30 bits per heavy atom. The van der Waals surface area contributed by atoms with E-state index >= 15 is 0 Å². The molecule has 5 heteroatoms. The summed E-state index contributed by atoms with van der Waals surface area (Å²) in [7, 11) is 3.70. The van der Waals surface area contributed by atoms with Gasteiger partial charge >= 0.3 is 0 Å². The third kappa shape index (κ3) is 1.40. The van der Waals surface area contributed by atoms with Crippen molar-refractivity contribution in [2.45, 2.75) is 36.2 Å². The molecule has 4 aliphatic rings. The number of nitrogens with zero attached hydrogens (tertiary/aromatic N) is 1. The summed E-state index contributed by atoms with van der Waals surface area (Å²) in [5.74, 6) is 1.54.